The van der Waals surface area contributed by atoms with Crippen LogP contribution in [0.2, 0.25) is 0 Å². The van der Waals surface area contributed by atoms with E-state index in [9.17, 15) is 18.0 Å². The average molecular weight is 684 g/mol. The van der Waals surface area contributed by atoms with Crippen molar-refractivity contribution in [2.24, 2.45) is 5.92 Å². The first-order valence-corrected chi connectivity index (χ1v) is 18.0. The third kappa shape index (κ3) is 7.86. The van der Waals surface area contributed by atoms with Gasteiger partial charge in [-0.05, 0) is 61.1 Å². The van der Waals surface area contributed by atoms with Gasteiger partial charge in [0.1, 0.15) is 12.7 Å². The molecule has 2 heterocycles. The molecule has 4 bridgehead atoms. The molecule has 1 atom stereocenters. The van der Waals surface area contributed by atoms with Crippen LogP contribution in [0.4, 0.5) is 10.7 Å². The molecule has 2 N–H and O–H groups in total. The number of benzene rings is 3. The summed E-state index contributed by atoms with van der Waals surface area (Å²) in [5.41, 5.74) is 4.48. The van der Waals surface area contributed by atoms with Gasteiger partial charge in [-0.2, -0.15) is 4.98 Å². The van der Waals surface area contributed by atoms with Gasteiger partial charge in [0.2, 0.25) is 11.8 Å². The fraction of sp³-hybridized carbons (Fsp3) is 0.351. The Bertz CT molecular complexity index is 1930. The molecule has 4 aromatic rings. The summed E-state index contributed by atoms with van der Waals surface area (Å²) in [5, 5.41) is 2.79. The predicted octanol–water partition coefficient (Wildman–Crippen LogP) is 6.27. The van der Waals surface area contributed by atoms with Gasteiger partial charge in [0.25, 0.3) is 15.9 Å². The average Bonchev–Trinajstić information content (AvgIpc) is 3.04. The van der Waals surface area contributed by atoms with E-state index in [-0.39, 0.29) is 58.9 Å². The van der Waals surface area contributed by atoms with Gasteiger partial charge in [0.05, 0.1) is 16.6 Å². The smallest absolute Gasteiger partial charge is 0.407 e. The monoisotopic (exact) mass is 683 g/mol. The molecule has 1 saturated carbocycles. The Morgan fingerprint density at radius 1 is 1.00 bits per heavy atom. The van der Waals surface area contributed by atoms with Gasteiger partial charge in [0, 0.05) is 42.6 Å². The van der Waals surface area contributed by atoms with Crippen molar-refractivity contribution >= 4 is 28.0 Å². The van der Waals surface area contributed by atoms with Crippen LogP contribution < -0.4 is 14.8 Å². The van der Waals surface area contributed by atoms with Crippen molar-refractivity contribution in [1.29, 1.82) is 0 Å². The number of nitrogens with one attached hydrogen (secondary N) is 2. The van der Waals surface area contributed by atoms with Gasteiger partial charge in [-0.15, -0.1) is 0 Å². The van der Waals surface area contributed by atoms with E-state index in [1.165, 1.54) is 12.1 Å². The molecular formula is C37H41N5O6S. The third-order valence-electron chi connectivity index (χ3n) is 8.87. The maximum atomic E-state index is 14.3. The zero-order valence-electron chi connectivity index (χ0n) is 28.0. The lowest BCUT2D eigenvalue weighted by Crippen LogP contribution is -2.57. The van der Waals surface area contributed by atoms with E-state index in [1.54, 1.807) is 23.1 Å². The number of ether oxygens (including phenoxy) is 2. The summed E-state index contributed by atoms with van der Waals surface area (Å²) < 4.78 is 41.8. The molecule has 1 fully saturated rings. The number of anilines is 1. The summed E-state index contributed by atoms with van der Waals surface area (Å²) in [6, 6.07) is 22.5. The van der Waals surface area contributed by atoms with Gasteiger partial charge in [0.15, 0.2) is 0 Å². The number of hydrogen-bond acceptors (Lipinski definition) is 8. The summed E-state index contributed by atoms with van der Waals surface area (Å²) in [4.78, 5) is 37.7. The topological polar surface area (TPSA) is 140 Å². The zero-order chi connectivity index (χ0) is 34.7. The number of carbonyl (C=O) groups is 2. The molecule has 0 saturated heterocycles. The van der Waals surface area contributed by atoms with Gasteiger partial charge in [-0.25, -0.2) is 22.9 Å². The van der Waals surface area contributed by atoms with Crippen LogP contribution in [0.5, 0.6) is 5.88 Å². The Morgan fingerprint density at radius 3 is 2.43 bits per heavy atom. The standard InChI is InChI=1S/C37H41N5O6S/c1-23(2)16-29-22-47-33-20-32(34-24(3)10-8-11-25(34)4)39-36(40-33)41-49(45,46)31-15-9-14-27(17-31)35(43)42(29)28-18-30(19-28)48-37(44)38-21-26-12-6-5-7-13-26/h5-15,17,20,23,28-30H,16,18-19,21-22H2,1-4H3,(H,38,44)(H,39,40,41)/t28-,29-,30-/m1/s1. The molecule has 3 aromatic carbocycles. The van der Waals surface area contributed by atoms with Crippen LogP contribution in [0.25, 0.3) is 11.3 Å². The number of aromatic nitrogens is 2. The van der Waals surface area contributed by atoms with Crippen LogP contribution in [-0.4, -0.2) is 60.1 Å². The first-order chi connectivity index (χ1) is 23.5. The minimum Gasteiger partial charge on any atom is -0.475 e. The number of aryl methyl sites for hydroxylation is 2. The van der Waals surface area contributed by atoms with E-state index >= 15 is 0 Å². The van der Waals surface area contributed by atoms with Gasteiger partial charge >= 0.3 is 6.09 Å². The SMILES string of the molecule is Cc1cccc(C)c1-c1cc2nc(n1)NS(=O)(=O)c1cccc(c1)C(=O)N([C@H]1C[C@H](OC(=O)NCc3ccccc3)C1)[C@H](CC(C)C)CO2. The lowest BCUT2D eigenvalue weighted by atomic mass is 9.85. The molecule has 0 unspecified atom stereocenters. The maximum absolute atomic E-state index is 14.3. The van der Waals surface area contributed by atoms with Crippen LogP contribution in [0, 0.1) is 19.8 Å². The van der Waals surface area contributed by atoms with Crippen LogP contribution in [0.1, 0.15) is 60.2 Å². The Morgan fingerprint density at radius 2 is 1.71 bits per heavy atom. The van der Waals surface area contributed by atoms with E-state index < -0.39 is 16.1 Å². The minimum atomic E-state index is -4.18. The second kappa shape index (κ2) is 14.3. The summed E-state index contributed by atoms with van der Waals surface area (Å²) in [7, 11) is -4.18. The largest absolute Gasteiger partial charge is 0.475 e. The Kier molecular flexibility index (Phi) is 9.86. The van der Waals surface area contributed by atoms with Crippen molar-refractivity contribution in [3.63, 3.8) is 0 Å². The predicted molar refractivity (Wildman–Crippen MR) is 186 cm³/mol. The van der Waals surface area contributed by atoms with E-state index in [2.05, 4.69) is 33.9 Å². The van der Waals surface area contributed by atoms with Crippen LogP contribution >= 0.6 is 0 Å². The van der Waals surface area contributed by atoms with E-state index in [4.69, 9.17) is 9.47 Å². The highest BCUT2D eigenvalue weighted by atomic mass is 32.2. The maximum Gasteiger partial charge on any atom is 0.407 e. The lowest BCUT2D eigenvalue weighted by Gasteiger charge is -2.46. The number of nitrogens with zero attached hydrogens (tertiary/aromatic N) is 3. The third-order valence-corrected chi connectivity index (χ3v) is 10.2. The van der Waals surface area contributed by atoms with E-state index in [1.807, 2.05) is 62.4 Å². The second-order valence-electron chi connectivity index (χ2n) is 13.1. The molecule has 1 aliphatic carbocycles. The number of amides is 2. The molecule has 6 rings (SSSR count). The zero-order valence-corrected chi connectivity index (χ0v) is 28.9. The molecule has 11 nitrogen and oxygen atoms in total. The molecule has 49 heavy (non-hydrogen) atoms. The molecule has 0 radical (unpaired) electrons. The van der Waals surface area contributed by atoms with E-state index in [0.717, 1.165) is 22.3 Å². The van der Waals surface area contributed by atoms with Crippen molar-refractivity contribution in [2.75, 3.05) is 11.3 Å². The molecule has 256 valence electrons. The summed E-state index contributed by atoms with van der Waals surface area (Å²) in [6.07, 6.45) is 0.595. The Hall–Kier alpha value is -4.97. The molecular weight excluding hydrogens is 643 g/mol. The highest BCUT2D eigenvalue weighted by molar-refractivity contribution is 7.92. The summed E-state index contributed by atoms with van der Waals surface area (Å²) in [6.45, 7) is 8.54. The van der Waals surface area contributed by atoms with Crippen molar-refractivity contribution in [3.8, 4) is 17.1 Å². The normalized spacial score (nSPS) is 20.1. The molecule has 12 heteroatoms. The van der Waals surface area contributed by atoms with E-state index in [0.29, 0.717) is 31.5 Å². The minimum absolute atomic E-state index is 0.0913. The fourth-order valence-electron chi connectivity index (χ4n) is 6.46. The fourth-order valence-corrected chi connectivity index (χ4v) is 7.45. The number of fused-ring (bicyclic) bond motifs is 4. The molecule has 0 spiro atoms. The Balaban J connectivity index is 1.31. The van der Waals surface area contributed by atoms with Crippen LogP contribution in [0.15, 0.2) is 83.8 Å². The van der Waals surface area contributed by atoms with Gasteiger partial charge < -0.3 is 19.7 Å². The number of sulfonamides is 1. The summed E-state index contributed by atoms with van der Waals surface area (Å²) >= 11 is 0. The Labute approximate surface area is 287 Å². The van der Waals surface area contributed by atoms with Crippen molar-refractivity contribution < 1.29 is 27.5 Å². The molecule has 1 aromatic heterocycles. The van der Waals surface area contributed by atoms with Gasteiger partial charge in [-0.3, -0.25) is 4.79 Å². The second-order valence-corrected chi connectivity index (χ2v) is 14.8. The lowest BCUT2D eigenvalue weighted by molar-refractivity contribution is -0.0272. The summed E-state index contributed by atoms with van der Waals surface area (Å²) in [5.74, 6) is -0.0678. The number of carbonyl (C=O) groups excluding carboxylic acids is 2. The van der Waals surface area contributed by atoms with Crippen LogP contribution in [0.3, 0.4) is 0 Å². The first kappa shape index (κ1) is 33.9. The number of hydrogen-bond donors (Lipinski definition) is 2. The quantitative estimate of drug-likeness (QED) is 0.233. The van der Waals surface area contributed by atoms with Crippen molar-refractivity contribution in [3.05, 3.63) is 101 Å². The molecule has 1 aliphatic heterocycles. The van der Waals surface area contributed by atoms with Crippen molar-refractivity contribution in [2.45, 2.75) is 76.6 Å². The molecule has 2 aliphatic rings. The number of alkyl carbamates (subject to hydrolysis) is 1. The van der Waals surface area contributed by atoms with Gasteiger partial charge in [-0.1, -0.05) is 68.4 Å². The van der Waals surface area contributed by atoms with Crippen LogP contribution in [-0.2, 0) is 21.3 Å². The number of rotatable bonds is 7. The first-order valence-electron chi connectivity index (χ1n) is 16.5. The van der Waals surface area contributed by atoms with Crippen molar-refractivity contribution in [1.82, 2.24) is 20.2 Å². The highest BCUT2D eigenvalue weighted by Crippen LogP contribution is 2.34. The highest BCUT2D eigenvalue weighted by Gasteiger charge is 2.42. The molecule has 2 amide bonds.